The number of nitriles is 1. The predicted molar refractivity (Wildman–Crippen MR) is 116 cm³/mol. The summed E-state index contributed by atoms with van der Waals surface area (Å²) in [5, 5.41) is 14.1. The standard InChI is InChI=1S/C21H12Br2N4O/c22-16-4-3-14-11-19(18(23)10-15(14)9-16)28-20-7-8-25-21(27-20)26-17-5-1-13(12-24)2-6-17/h1-11H,(H,25,26,27). The molecule has 3 aromatic carbocycles. The Kier molecular flexibility index (Phi) is 5.24. The van der Waals surface area contributed by atoms with Crippen LogP contribution in [0, 0.1) is 11.3 Å². The highest BCUT2D eigenvalue weighted by Gasteiger charge is 2.08. The van der Waals surface area contributed by atoms with Crippen molar-refractivity contribution in [3.8, 4) is 17.7 Å². The van der Waals surface area contributed by atoms with E-state index >= 15 is 0 Å². The van der Waals surface area contributed by atoms with Crippen LogP contribution in [0.5, 0.6) is 11.6 Å². The molecule has 0 unspecified atom stereocenters. The van der Waals surface area contributed by atoms with E-state index in [9.17, 15) is 0 Å². The summed E-state index contributed by atoms with van der Waals surface area (Å²) in [5.74, 6) is 1.49. The van der Waals surface area contributed by atoms with E-state index in [2.05, 4.69) is 53.2 Å². The molecule has 0 radical (unpaired) electrons. The highest BCUT2D eigenvalue weighted by Crippen LogP contribution is 2.34. The third kappa shape index (κ3) is 4.14. The quantitative estimate of drug-likeness (QED) is 0.347. The van der Waals surface area contributed by atoms with E-state index in [-0.39, 0.29) is 0 Å². The monoisotopic (exact) mass is 494 g/mol. The first-order valence-electron chi connectivity index (χ1n) is 8.27. The highest BCUT2D eigenvalue weighted by molar-refractivity contribution is 9.10. The maximum absolute atomic E-state index is 8.88. The lowest BCUT2D eigenvalue weighted by atomic mass is 10.1. The molecule has 4 aromatic rings. The van der Waals surface area contributed by atoms with Gasteiger partial charge in [0.05, 0.1) is 16.1 Å². The summed E-state index contributed by atoms with van der Waals surface area (Å²) in [6.07, 6.45) is 1.63. The average Bonchev–Trinajstić information content (AvgIpc) is 2.70. The van der Waals surface area contributed by atoms with Gasteiger partial charge in [-0.2, -0.15) is 10.2 Å². The maximum Gasteiger partial charge on any atom is 0.230 e. The summed E-state index contributed by atoms with van der Waals surface area (Å²) in [6, 6.07) is 20.9. The second kappa shape index (κ2) is 7.97. The molecule has 1 N–H and O–H groups in total. The molecule has 0 amide bonds. The van der Waals surface area contributed by atoms with E-state index in [0.717, 1.165) is 25.4 Å². The van der Waals surface area contributed by atoms with Crippen molar-refractivity contribution in [2.45, 2.75) is 0 Å². The highest BCUT2D eigenvalue weighted by atomic mass is 79.9. The van der Waals surface area contributed by atoms with Gasteiger partial charge >= 0.3 is 0 Å². The van der Waals surface area contributed by atoms with Gasteiger partial charge in [-0.15, -0.1) is 0 Å². The summed E-state index contributed by atoms with van der Waals surface area (Å²) in [7, 11) is 0. The molecule has 0 saturated carbocycles. The molecule has 1 aromatic heterocycles. The number of nitrogens with one attached hydrogen (secondary N) is 1. The summed E-state index contributed by atoms with van der Waals surface area (Å²) in [6.45, 7) is 0. The fraction of sp³-hybridized carbons (Fsp3) is 0. The summed E-state index contributed by atoms with van der Waals surface area (Å²) in [5.41, 5.74) is 1.38. The van der Waals surface area contributed by atoms with E-state index in [1.807, 2.05) is 30.3 Å². The van der Waals surface area contributed by atoms with Gasteiger partial charge in [0, 0.05) is 22.4 Å². The molecule has 28 heavy (non-hydrogen) atoms. The molecule has 0 saturated heterocycles. The van der Waals surface area contributed by atoms with E-state index < -0.39 is 0 Å². The van der Waals surface area contributed by atoms with Crippen molar-refractivity contribution in [1.29, 1.82) is 5.26 Å². The first-order chi connectivity index (χ1) is 13.6. The van der Waals surface area contributed by atoms with Crippen molar-refractivity contribution in [3.63, 3.8) is 0 Å². The number of rotatable bonds is 4. The van der Waals surface area contributed by atoms with Crippen LogP contribution in [0.2, 0.25) is 0 Å². The number of halogens is 2. The van der Waals surface area contributed by atoms with Gasteiger partial charge in [-0.25, -0.2) is 4.98 Å². The first-order valence-corrected chi connectivity index (χ1v) is 9.86. The van der Waals surface area contributed by atoms with Crippen LogP contribution in [-0.4, -0.2) is 9.97 Å². The third-order valence-corrected chi connectivity index (χ3v) is 5.08. The number of aromatic nitrogens is 2. The van der Waals surface area contributed by atoms with Crippen LogP contribution in [0.3, 0.4) is 0 Å². The van der Waals surface area contributed by atoms with Crippen LogP contribution in [0.4, 0.5) is 11.6 Å². The zero-order valence-electron chi connectivity index (χ0n) is 14.4. The maximum atomic E-state index is 8.88. The van der Waals surface area contributed by atoms with Crippen molar-refractivity contribution >= 4 is 54.3 Å². The lowest BCUT2D eigenvalue weighted by Crippen LogP contribution is -1.98. The fourth-order valence-corrected chi connectivity index (χ4v) is 3.45. The lowest BCUT2D eigenvalue weighted by molar-refractivity contribution is 0.460. The van der Waals surface area contributed by atoms with Crippen molar-refractivity contribution < 1.29 is 4.74 Å². The fourth-order valence-electron chi connectivity index (χ4n) is 2.63. The van der Waals surface area contributed by atoms with Gasteiger partial charge in [0.1, 0.15) is 5.75 Å². The molecular weight excluding hydrogens is 484 g/mol. The normalized spacial score (nSPS) is 10.5. The molecule has 0 fully saturated rings. The Morgan fingerprint density at radius 3 is 2.54 bits per heavy atom. The van der Waals surface area contributed by atoms with Crippen LogP contribution in [-0.2, 0) is 0 Å². The molecule has 0 spiro atoms. The van der Waals surface area contributed by atoms with Crippen molar-refractivity contribution in [3.05, 3.63) is 81.4 Å². The Morgan fingerprint density at radius 2 is 1.75 bits per heavy atom. The molecule has 0 atom stereocenters. The molecule has 7 heteroatoms. The van der Waals surface area contributed by atoms with Gasteiger partial charge in [0.25, 0.3) is 0 Å². The van der Waals surface area contributed by atoms with Gasteiger partial charge in [0.15, 0.2) is 0 Å². The topological polar surface area (TPSA) is 70.8 Å². The minimum Gasteiger partial charge on any atom is -0.438 e. The Labute approximate surface area is 178 Å². The predicted octanol–water partition coefficient (Wildman–Crippen LogP) is 6.56. The molecule has 4 rings (SSSR count). The van der Waals surface area contributed by atoms with Crippen molar-refractivity contribution in [2.75, 3.05) is 5.32 Å². The molecule has 1 heterocycles. The van der Waals surface area contributed by atoms with Crippen LogP contribution < -0.4 is 10.1 Å². The average molecular weight is 496 g/mol. The Bertz CT molecular complexity index is 1200. The van der Waals surface area contributed by atoms with Gasteiger partial charge < -0.3 is 10.1 Å². The van der Waals surface area contributed by atoms with Crippen LogP contribution in [0.25, 0.3) is 10.8 Å². The van der Waals surface area contributed by atoms with E-state index in [1.54, 1.807) is 36.5 Å². The van der Waals surface area contributed by atoms with Crippen LogP contribution >= 0.6 is 31.9 Å². The van der Waals surface area contributed by atoms with Gasteiger partial charge in [-0.1, -0.05) is 22.0 Å². The molecule has 0 aliphatic heterocycles. The van der Waals surface area contributed by atoms with Gasteiger partial charge in [-0.3, -0.25) is 0 Å². The minimum atomic E-state index is 0.406. The second-order valence-electron chi connectivity index (χ2n) is 5.91. The van der Waals surface area contributed by atoms with Crippen molar-refractivity contribution in [1.82, 2.24) is 9.97 Å². The number of ether oxygens (including phenoxy) is 1. The van der Waals surface area contributed by atoms with Gasteiger partial charge in [-0.05, 0) is 75.2 Å². The molecule has 0 bridgehead atoms. The second-order valence-corrected chi connectivity index (χ2v) is 7.68. The van der Waals surface area contributed by atoms with Crippen LogP contribution in [0.1, 0.15) is 5.56 Å². The molecular formula is C21H12Br2N4O. The zero-order chi connectivity index (χ0) is 19.5. The zero-order valence-corrected chi connectivity index (χ0v) is 17.5. The Morgan fingerprint density at radius 1 is 0.929 bits per heavy atom. The Hall–Kier alpha value is -2.95. The van der Waals surface area contributed by atoms with Crippen molar-refractivity contribution in [2.24, 2.45) is 0 Å². The number of hydrogen-bond donors (Lipinski definition) is 1. The van der Waals surface area contributed by atoms with E-state index in [1.165, 1.54) is 0 Å². The summed E-state index contributed by atoms with van der Waals surface area (Å²) < 4.78 is 7.82. The minimum absolute atomic E-state index is 0.406. The molecule has 0 aliphatic rings. The van der Waals surface area contributed by atoms with E-state index in [4.69, 9.17) is 10.00 Å². The largest absolute Gasteiger partial charge is 0.438 e. The number of anilines is 2. The third-order valence-electron chi connectivity index (χ3n) is 3.97. The SMILES string of the molecule is N#Cc1ccc(Nc2nccc(Oc3cc4ccc(Br)cc4cc3Br)n2)cc1. The molecule has 136 valence electrons. The molecule has 5 nitrogen and oxygen atoms in total. The van der Waals surface area contributed by atoms with Crippen LogP contribution in [0.15, 0.2) is 75.8 Å². The summed E-state index contributed by atoms with van der Waals surface area (Å²) >= 11 is 7.05. The molecule has 0 aliphatic carbocycles. The Balaban J connectivity index is 1.57. The van der Waals surface area contributed by atoms with E-state index in [0.29, 0.717) is 23.1 Å². The number of nitrogens with zero attached hydrogens (tertiary/aromatic N) is 3. The number of fused-ring (bicyclic) bond motifs is 1. The summed E-state index contributed by atoms with van der Waals surface area (Å²) in [4.78, 5) is 8.62. The number of hydrogen-bond acceptors (Lipinski definition) is 5. The van der Waals surface area contributed by atoms with Gasteiger partial charge in [0.2, 0.25) is 11.8 Å². The lowest BCUT2D eigenvalue weighted by Gasteiger charge is -2.10. The number of benzene rings is 3. The first kappa shape index (κ1) is 18.4. The smallest absolute Gasteiger partial charge is 0.230 e.